The molecule has 1 aromatic rings. The fourth-order valence-electron chi connectivity index (χ4n) is 0.514. The summed E-state index contributed by atoms with van der Waals surface area (Å²) in [4.78, 5) is 0. The predicted molar refractivity (Wildman–Crippen MR) is 33.5 cm³/mol. The molecule has 0 aromatic carbocycles. The van der Waals surface area contributed by atoms with Crippen molar-refractivity contribution in [1.29, 1.82) is 0 Å². The van der Waals surface area contributed by atoms with Crippen LogP contribution in [0.3, 0.4) is 0 Å². The first-order valence-electron chi connectivity index (χ1n) is 2.58. The Balaban J connectivity index is 0.000001000. The highest BCUT2D eigenvalue weighted by Gasteiger charge is 1.96. The molecule has 0 aliphatic carbocycles. The second kappa shape index (κ2) is 5.09. The lowest BCUT2D eigenvalue weighted by Gasteiger charge is -1.83. The molecule has 1 rings (SSSR count). The molecule has 0 radical (unpaired) electrons. The van der Waals surface area contributed by atoms with E-state index in [2.05, 4.69) is 4.28 Å². The molecule has 0 saturated carbocycles. The van der Waals surface area contributed by atoms with Crippen molar-refractivity contribution in [2.24, 2.45) is 0 Å². The molecule has 0 unspecified atom stereocenters. The van der Waals surface area contributed by atoms with Gasteiger partial charge < -0.3 is 17.0 Å². The zero-order valence-electron chi connectivity index (χ0n) is 5.38. The zero-order valence-corrected chi connectivity index (χ0v) is 7.86. The zero-order chi connectivity index (χ0) is 7.40. The summed E-state index contributed by atoms with van der Waals surface area (Å²) in [5.41, 5.74) is 0. The van der Waals surface area contributed by atoms with Crippen molar-refractivity contribution >= 4 is 11.0 Å². The average Bonchev–Trinajstić information content (AvgIpc) is 1.88. The highest BCUT2D eigenvalue weighted by Crippen LogP contribution is 1.73. The summed E-state index contributed by atoms with van der Waals surface area (Å²) >= 11 is 0. The molecule has 0 aliphatic heterocycles. The van der Waals surface area contributed by atoms with Crippen LogP contribution in [0.25, 0.3) is 0 Å². The molecule has 0 spiro atoms. The summed E-state index contributed by atoms with van der Waals surface area (Å²) in [7, 11) is -2.81. The minimum absolute atomic E-state index is 0. The van der Waals surface area contributed by atoms with Crippen LogP contribution >= 0.6 is 0 Å². The molecule has 0 bridgehead atoms. The van der Waals surface area contributed by atoms with E-state index in [1.54, 1.807) is 18.2 Å². The predicted octanol–water partition coefficient (Wildman–Crippen LogP) is -4.07. The topological polar surface area (TPSA) is 47.3 Å². The molecule has 6 heteroatoms. The van der Waals surface area contributed by atoms with Gasteiger partial charge in [-0.3, -0.25) is 0 Å². The number of halogens is 1. The van der Waals surface area contributed by atoms with Gasteiger partial charge in [-0.15, -0.1) is 4.28 Å². The first kappa shape index (κ1) is 10.4. The third kappa shape index (κ3) is 3.94. The van der Waals surface area contributed by atoms with Crippen LogP contribution in [-0.2, 0) is 11.0 Å². The smallest absolute Gasteiger partial charge is 0.358 e. The van der Waals surface area contributed by atoms with Crippen LogP contribution in [0.1, 0.15) is 0 Å². The Hall–Kier alpha value is -0.620. The van der Waals surface area contributed by atoms with E-state index in [4.69, 9.17) is 0 Å². The van der Waals surface area contributed by atoms with Gasteiger partial charge in [-0.05, 0) is 0 Å². The molecule has 62 valence electrons. The molecule has 0 fully saturated rings. The number of hydrogen-bond donors (Lipinski definition) is 1. The van der Waals surface area contributed by atoms with Crippen molar-refractivity contribution in [3.05, 3.63) is 30.6 Å². The first-order valence-corrected chi connectivity index (χ1v) is 3.68. The van der Waals surface area contributed by atoms with Gasteiger partial charge in [0.25, 0.3) is 0 Å². The molecule has 1 aromatic heterocycles. The van der Waals surface area contributed by atoms with Gasteiger partial charge in [-0.1, -0.05) is 6.07 Å². The van der Waals surface area contributed by atoms with Crippen LogP contribution in [0.15, 0.2) is 30.6 Å². The van der Waals surface area contributed by atoms with Crippen LogP contribution in [0.2, 0.25) is 0 Å². The molecule has 11 heavy (non-hydrogen) atoms. The van der Waals surface area contributed by atoms with Gasteiger partial charge in [0, 0.05) is 16.9 Å². The Morgan fingerprint density at radius 1 is 1.09 bits per heavy atom. The minimum Gasteiger partial charge on any atom is -1.00 e. The van der Waals surface area contributed by atoms with Crippen molar-refractivity contribution in [2.45, 2.75) is 0 Å². The van der Waals surface area contributed by atoms with Crippen LogP contribution in [0.5, 0.6) is 0 Å². The van der Waals surface area contributed by atoms with Crippen molar-refractivity contribution in [3.8, 4) is 0 Å². The van der Waals surface area contributed by atoms with E-state index in [9.17, 15) is 8.42 Å². The normalized spacial score (nSPS) is 8.82. The maximum Gasteiger partial charge on any atom is 0.358 e. The van der Waals surface area contributed by atoms with E-state index in [0.717, 1.165) is 4.73 Å². The number of aromatic nitrogens is 1. The van der Waals surface area contributed by atoms with Crippen LogP contribution in [0, 0.1) is 0 Å². The van der Waals surface area contributed by atoms with Crippen LogP contribution < -0.4 is 26.0 Å². The van der Waals surface area contributed by atoms with Crippen molar-refractivity contribution in [1.82, 2.24) is 0 Å². The summed E-state index contributed by atoms with van der Waals surface area (Å²) in [6, 6.07) is 5.09. The van der Waals surface area contributed by atoms with Gasteiger partial charge in [0.15, 0.2) is 0 Å². The Morgan fingerprint density at radius 2 is 1.64 bits per heavy atom. The maximum absolute atomic E-state index is 9.96. The SMILES string of the molecule is O=[SH](=O)O[n+]1ccccc1.[Br-]. The van der Waals surface area contributed by atoms with Crippen LogP contribution in [-0.4, -0.2) is 8.42 Å². The number of nitrogens with zero attached hydrogens (tertiary/aromatic N) is 1. The summed E-state index contributed by atoms with van der Waals surface area (Å²) < 4.78 is 25.3. The lowest BCUT2D eigenvalue weighted by atomic mass is 10.5. The third-order valence-electron chi connectivity index (χ3n) is 0.849. The molecule has 0 aliphatic rings. The monoisotopic (exact) mass is 239 g/mol. The van der Waals surface area contributed by atoms with Crippen LogP contribution in [0.4, 0.5) is 0 Å². The molecule has 4 nitrogen and oxygen atoms in total. The second-order valence-electron chi connectivity index (χ2n) is 1.54. The number of pyridine rings is 1. The molecular weight excluding hydrogens is 234 g/mol. The van der Waals surface area contributed by atoms with E-state index < -0.39 is 11.0 Å². The third-order valence-corrected chi connectivity index (χ3v) is 1.17. The Labute approximate surface area is 76.3 Å². The van der Waals surface area contributed by atoms with Gasteiger partial charge in [-0.25, -0.2) is 0 Å². The van der Waals surface area contributed by atoms with E-state index in [1.807, 2.05) is 0 Å². The molecule has 0 amide bonds. The molecular formula is C5H6BrNO3S. The highest BCUT2D eigenvalue weighted by molar-refractivity contribution is 7.67. The van der Waals surface area contributed by atoms with E-state index in [1.165, 1.54) is 12.4 Å². The summed E-state index contributed by atoms with van der Waals surface area (Å²) in [5, 5.41) is 0. The first-order chi connectivity index (χ1) is 4.79. The minimum atomic E-state index is -2.81. The van der Waals surface area contributed by atoms with E-state index >= 15 is 0 Å². The Morgan fingerprint density at radius 3 is 2.09 bits per heavy atom. The molecule has 1 heterocycles. The summed E-state index contributed by atoms with van der Waals surface area (Å²) in [6.45, 7) is 0. The lowest BCUT2D eigenvalue weighted by molar-refractivity contribution is -0.855. The van der Waals surface area contributed by atoms with Gasteiger partial charge in [0.2, 0.25) is 12.4 Å². The number of rotatable bonds is 2. The van der Waals surface area contributed by atoms with E-state index in [0.29, 0.717) is 0 Å². The maximum atomic E-state index is 9.96. The van der Waals surface area contributed by atoms with Crippen molar-refractivity contribution in [3.63, 3.8) is 0 Å². The molecule has 0 atom stereocenters. The standard InChI is InChI=1S/C5H6NO3S.BrH/c7-10(8)9-6-4-2-1-3-5-6;/h1-5,10H;1H/q+1;/p-1. The Kier molecular flexibility index (Phi) is 4.80. The lowest BCUT2D eigenvalue weighted by Crippen LogP contribution is -3.00. The molecule has 0 N–H and O–H groups in total. The largest absolute Gasteiger partial charge is 1.00 e. The van der Waals surface area contributed by atoms with Gasteiger partial charge in [0.1, 0.15) is 0 Å². The summed E-state index contributed by atoms with van der Waals surface area (Å²) in [5.74, 6) is 0. The van der Waals surface area contributed by atoms with Gasteiger partial charge >= 0.3 is 11.0 Å². The average molecular weight is 240 g/mol. The number of thiol groups is 1. The fourth-order valence-corrected chi connectivity index (χ4v) is 0.777. The highest BCUT2D eigenvalue weighted by atomic mass is 79.9. The molecule has 0 saturated heterocycles. The fraction of sp³-hybridized carbons (Fsp3) is 0. The quantitative estimate of drug-likeness (QED) is 0.422. The van der Waals surface area contributed by atoms with Gasteiger partial charge in [-0.2, -0.15) is 8.42 Å². The van der Waals surface area contributed by atoms with Gasteiger partial charge in [0.05, 0.1) is 0 Å². The number of hydrogen-bond acceptors (Lipinski definition) is 3. The van der Waals surface area contributed by atoms with Crippen molar-refractivity contribution < 1.29 is 34.4 Å². The Bertz CT molecular complexity index is 266. The van der Waals surface area contributed by atoms with E-state index in [-0.39, 0.29) is 17.0 Å². The van der Waals surface area contributed by atoms with Crippen molar-refractivity contribution in [2.75, 3.05) is 0 Å². The summed E-state index contributed by atoms with van der Waals surface area (Å²) in [6.07, 6.45) is 2.98. The second-order valence-corrected chi connectivity index (χ2v) is 2.15.